The highest BCUT2D eigenvalue weighted by Gasteiger charge is 2.27. The first-order valence-electron chi connectivity index (χ1n) is 8.61. The molecular weight excluding hydrogens is 316 g/mol. The third kappa shape index (κ3) is 3.13. The van der Waals surface area contributed by atoms with Crippen LogP contribution in [0.4, 0.5) is 11.4 Å². The van der Waals surface area contributed by atoms with Crippen molar-refractivity contribution < 1.29 is 9.59 Å². The largest absolute Gasteiger partial charge is 0.325 e. The molecule has 2 amide bonds. The van der Waals surface area contributed by atoms with Crippen molar-refractivity contribution in [2.24, 2.45) is 0 Å². The highest BCUT2D eigenvalue weighted by Crippen LogP contribution is 2.32. The zero-order valence-corrected chi connectivity index (χ0v) is 13.9. The van der Waals surface area contributed by atoms with Crippen LogP contribution in [0.2, 0.25) is 0 Å². The van der Waals surface area contributed by atoms with Gasteiger partial charge in [0.2, 0.25) is 5.91 Å². The van der Waals surface area contributed by atoms with E-state index in [-0.39, 0.29) is 17.9 Å². The molecule has 0 spiro atoms. The molecule has 2 aliphatic rings. The van der Waals surface area contributed by atoms with E-state index in [2.05, 4.69) is 15.6 Å². The molecule has 1 aromatic heterocycles. The van der Waals surface area contributed by atoms with Gasteiger partial charge in [0.15, 0.2) is 0 Å². The van der Waals surface area contributed by atoms with Crippen molar-refractivity contribution in [1.29, 1.82) is 0 Å². The molecule has 2 aliphatic heterocycles. The molecule has 0 aliphatic carbocycles. The van der Waals surface area contributed by atoms with Crippen molar-refractivity contribution in [3.63, 3.8) is 0 Å². The first-order chi connectivity index (χ1) is 12.2. The molecule has 0 unspecified atom stereocenters. The molecule has 3 heterocycles. The van der Waals surface area contributed by atoms with E-state index in [9.17, 15) is 9.59 Å². The van der Waals surface area contributed by atoms with E-state index < -0.39 is 0 Å². The number of benzene rings is 1. The van der Waals surface area contributed by atoms with Crippen LogP contribution in [0, 0.1) is 0 Å². The van der Waals surface area contributed by atoms with Crippen molar-refractivity contribution in [2.75, 3.05) is 23.3 Å². The predicted octanol–water partition coefficient (Wildman–Crippen LogP) is 1.98. The fourth-order valence-corrected chi connectivity index (χ4v) is 3.45. The van der Waals surface area contributed by atoms with Crippen molar-refractivity contribution >= 4 is 23.2 Å². The maximum absolute atomic E-state index is 12.7. The van der Waals surface area contributed by atoms with Crippen LogP contribution < -0.4 is 15.5 Å². The Kier molecular flexibility index (Phi) is 4.19. The molecule has 1 atom stereocenters. The van der Waals surface area contributed by atoms with E-state index in [0.717, 1.165) is 42.7 Å². The molecule has 6 nitrogen and oxygen atoms in total. The van der Waals surface area contributed by atoms with Crippen LogP contribution in [-0.4, -0.2) is 35.9 Å². The van der Waals surface area contributed by atoms with Crippen molar-refractivity contribution in [3.05, 3.63) is 53.9 Å². The van der Waals surface area contributed by atoms with E-state index in [0.29, 0.717) is 12.1 Å². The molecule has 1 saturated heterocycles. The molecule has 1 aromatic carbocycles. The quantitative estimate of drug-likeness (QED) is 0.899. The van der Waals surface area contributed by atoms with Crippen molar-refractivity contribution in [3.8, 4) is 0 Å². The first-order valence-corrected chi connectivity index (χ1v) is 8.61. The molecule has 0 saturated carbocycles. The second-order valence-corrected chi connectivity index (χ2v) is 6.43. The number of carbonyl (C=O) groups is 2. The van der Waals surface area contributed by atoms with Crippen LogP contribution in [-0.2, 0) is 11.2 Å². The van der Waals surface area contributed by atoms with Gasteiger partial charge in [-0.2, -0.15) is 0 Å². The Morgan fingerprint density at radius 3 is 2.96 bits per heavy atom. The molecule has 0 radical (unpaired) electrons. The summed E-state index contributed by atoms with van der Waals surface area (Å²) in [5, 5.41) is 6.15. The van der Waals surface area contributed by atoms with Gasteiger partial charge >= 0.3 is 0 Å². The number of nitrogens with zero attached hydrogens (tertiary/aromatic N) is 2. The Bertz CT molecular complexity index is 800. The Balaban J connectivity index is 1.55. The van der Waals surface area contributed by atoms with E-state index >= 15 is 0 Å². The standard InChI is InChI=1S/C19H20N4O2/c24-18(16-4-2-9-21-16)22-15-6-5-13-7-10-23(17(13)11-15)19(25)14-3-1-8-20-12-14/h1,3,5-6,8,11-12,16,21H,2,4,7,9-10H2,(H,22,24)/t16-/m0/s1. The van der Waals surface area contributed by atoms with Gasteiger partial charge in [-0.05, 0) is 55.6 Å². The molecule has 128 valence electrons. The Hall–Kier alpha value is -2.73. The normalized spacial score (nSPS) is 18.9. The second kappa shape index (κ2) is 6.64. The van der Waals surface area contributed by atoms with Crippen LogP contribution in [0.25, 0.3) is 0 Å². The highest BCUT2D eigenvalue weighted by atomic mass is 16.2. The van der Waals surface area contributed by atoms with Gasteiger partial charge in [-0.1, -0.05) is 6.07 Å². The summed E-state index contributed by atoms with van der Waals surface area (Å²) in [5.74, 6) is -0.0756. The Labute approximate surface area is 146 Å². The topological polar surface area (TPSA) is 74.3 Å². The Morgan fingerprint density at radius 2 is 2.20 bits per heavy atom. The van der Waals surface area contributed by atoms with Gasteiger partial charge in [0.1, 0.15) is 0 Å². The lowest BCUT2D eigenvalue weighted by molar-refractivity contribution is -0.117. The first kappa shape index (κ1) is 15.8. The number of carbonyl (C=O) groups excluding carboxylic acids is 2. The van der Waals surface area contributed by atoms with Gasteiger partial charge in [0.25, 0.3) is 5.91 Å². The summed E-state index contributed by atoms with van der Waals surface area (Å²) in [6.45, 7) is 1.53. The molecule has 0 bridgehead atoms. The van der Waals surface area contributed by atoms with Crippen molar-refractivity contribution in [1.82, 2.24) is 10.3 Å². The maximum Gasteiger partial charge on any atom is 0.259 e. The number of anilines is 2. The SMILES string of the molecule is O=C(Nc1ccc2c(c1)N(C(=O)c1cccnc1)CC2)[C@@H]1CCCN1. The van der Waals surface area contributed by atoms with Gasteiger partial charge in [0, 0.05) is 30.3 Å². The predicted molar refractivity (Wildman–Crippen MR) is 95.7 cm³/mol. The summed E-state index contributed by atoms with van der Waals surface area (Å²) in [7, 11) is 0. The van der Waals surface area contributed by atoms with Crippen molar-refractivity contribution in [2.45, 2.75) is 25.3 Å². The van der Waals surface area contributed by atoms with Crippen LogP contribution in [0.5, 0.6) is 0 Å². The second-order valence-electron chi connectivity index (χ2n) is 6.43. The fourth-order valence-electron chi connectivity index (χ4n) is 3.45. The number of amides is 2. The monoisotopic (exact) mass is 336 g/mol. The minimum absolute atomic E-state index is 0.0133. The van der Waals surface area contributed by atoms with Gasteiger partial charge < -0.3 is 15.5 Å². The van der Waals surface area contributed by atoms with Crippen LogP contribution in [0.3, 0.4) is 0 Å². The summed E-state index contributed by atoms with van der Waals surface area (Å²) < 4.78 is 0. The summed E-state index contributed by atoms with van der Waals surface area (Å²) in [6, 6.07) is 9.19. The van der Waals surface area contributed by atoms with Crippen LogP contribution in [0.1, 0.15) is 28.8 Å². The molecule has 6 heteroatoms. The van der Waals surface area contributed by atoms with Crippen LogP contribution >= 0.6 is 0 Å². The number of rotatable bonds is 3. The third-order valence-corrected chi connectivity index (χ3v) is 4.78. The highest BCUT2D eigenvalue weighted by molar-refractivity contribution is 6.07. The molecule has 1 fully saturated rings. The summed E-state index contributed by atoms with van der Waals surface area (Å²) in [5.41, 5.74) is 3.28. The zero-order valence-electron chi connectivity index (χ0n) is 13.9. The third-order valence-electron chi connectivity index (χ3n) is 4.78. The average Bonchev–Trinajstić information content (AvgIpc) is 3.31. The fraction of sp³-hybridized carbons (Fsp3) is 0.316. The lowest BCUT2D eigenvalue weighted by Gasteiger charge is -2.18. The number of hydrogen-bond donors (Lipinski definition) is 2. The Morgan fingerprint density at radius 1 is 1.28 bits per heavy atom. The number of pyridine rings is 1. The molecule has 2 N–H and O–H groups in total. The number of aromatic nitrogens is 1. The van der Waals surface area contributed by atoms with E-state index in [1.54, 1.807) is 29.4 Å². The molecule has 2 aromatic rings. The zero-order chi connectivity index (χ0) is 17.2. The number of fused-ring (bicyclic) bond motifs is 1. The minimum Gasteiger partial charge on any atom is -0.325 e. The smallest absolute Gasteiger partial charge is 0.259 e. The van der Waals surface area contributed by atoms with E-state index in [4.69, 9.17) is 0 Å². The summed E-state index contributed by atoms with van der Waals surface area (Å²) in [4.78, 5) is 30.8. The van der Waals surface area contributed by atoms with Crippen LogP contribution in [0.15, 0.2) is 42.7 Å². The van der Waals surface area contributed by atoms with Gasteiger partial charge in [-0.25, -0.2) is 0 Å². The lowest BCUT2D eigenvalue weighted by Crippen LogP contribution is -2.35. The van der Waals surface area contributed by atoms with Gasteiger partial charge in [-0.15, -0.1) is 0 Å². The average molecular weight is 336 g/mol. The maximum atomic E-state index is 12.7. The minimum atomic E-state index is -0.124. The van der Waals surface area contributed by atoms with Gasteiger partial charge in [-0.3, -0.25) is 14.6 Å². The molecular formula is C19H20N4O2. The molecule has 4 rings (SSSR count). The van der Waals surface area contributed by atoms with Gasteiger partial charge in [0.05, 0.1) is 11.6 Å². The summed E-state index contributed by atoms with van der Waals surface area (Å²) >= 11 is 0. The lowest BCUT2D eigenvalue weighted by atomic mass is 10.1. The molecule has 25 heavy (non-hydrogen) atoms. The number of hydrogen-bond acceptors (Lipinski definition) is 4. The number of nitrogens with one attached hydrogen (secondary N) is 2. The van der Waals surface area contributed by atoms with E-state index in [1.165, 1.54) is 0 Å². The van der Waals surface area contributed by atoms with E-state index in [1.807, 2.05) is 18.2 Å². The summed E-state index contributed by atoms with van der Waals surface area (Å²) in [6.07, 6.45) is 5.94.